The fourth-order valence-electron chi connectivity index (χ4n) is 2.15. The summed E-state index contributed by atoms with van der Waals surface area (Å²) in [6.07, 6.45) is 1.38. The molecule has 0 aliphatic rings. The van der Waals surface area contributed by atoms with Crippen molar-refractivity contribution in [2.75, 3.05) is 19.5 Å². The van der Waals surface area contributed by atoms with E-state index >= 15 is 0 Å². The maximum Gasteiger partial charge on any atom is 0.271 e. The molecule has 0 atom stereocenters. The molecule has 0 aromatic heterocycles. The number of nitrogens with zero attached hydrogens (tertiary/aromatic N) is 2. The van der Waals surface area contributed by atoms with Gasteiger partial charge in [-0.15, -0.1) is 0 Å². The molecule has 0 aliphatic carbocycles. The lowest BCUT2D eigenvalue weighted by Crippen LogP contribution is -2.13. The fraction of sp³-hybridized carbons (Fsp3) is 0.111. The van der Waals surface area contributed by atoms with Gasteiger partial charge in [-0.3, -0.25) is 14.9 Å². The molecule has 132 valence electrons. The lowest BCUT2D eigenvalue weighted by Gasteiger charge is -2.08. The van der Waals surface area contributed by atoms with Crippen LogP contribution < -0.4 is 14.8 Å². The van der Waals surface area contributed by atoms with Gasteiger partial charge in [0, 0.05) is 17.8 Å². The number of hydrogen-bond donors (Lipinski definition) is 1. The van der Waals surface area contributed by atoms with E-state index in [1.807, 2.05) is 6.07 Å². The van der Waals surface area contributed by atoms with Gasteiger partial charge in [0.1, 0.15) is 11.6 Å². The van der Waals surface area contributed by atoms with E-state index in [-0.39, 0.29) is 16.9 Å². The minimum absolute atomic E-state index is 0.162. The third kappa shape index (κ3) is 4.36. The van der Waals surface area contributed by atoms with E-state index in [4.69, 9.17) is 9.47 Å². The molecule has 0 spiro atoms. The van der Waals surface area contributed by atoms with E-state index < -0.39 is 10.8 Å². The number of amides is 1. The molecule has 2 aromatic rings. The molecule has 2 rings (SSSR count). The van der Waals surface area contributed by atoms with E-state index in [0.717, 1.165) is 0 Å². The average molecular weight is 353 g/mol. The van der Waals surface area contributed by atoms with Gasteiger partial charge in [-0.25, -0.2) is 0 Å². The van der Waals surface area contributed by atoms with Crippen molar-refractivity contribution in [3.8, 4) is 17.6 Å². The molecule has 1 amide bonds. The molecule has 0 radical (unpaired) electrons. The number of nitro benzene ring substituents is 1. The fourth-order valence-corrected chi connectivity index (χ4v) is 2.15. The van der Waals surface area contributed by atoms with Crippen LogP contribution in [0.2, 0.25) is 0 Å². The Hall–Kier alpha value is -3.86. The highest BCUT2D eigenvalue weighted by molar-refractivity contribution is 6.09. The van der Waals surface area contributed by atoms with Gasteiger partial charge in [0.15, 0.2) is 11.5 Å². The summed E-state index contributed by atoms with van der Waals surface area (Å²) in [4.78, 5) is 22.5. The summed E-state index contributed by atoms with van der Waals surface area (Å²) >= 11 is 0. The summed E-state index contributed by atoms with van der Waals surface area (Å²) in [5.41, 5.74) is 0.458. The normalized spacial score (nSPS) is 10.6. The van der Waals surface area contributed by atoms with Crippen molar-refractivity contribution in [3.05, 3.63) is 63.7 Å². The quantitative estimate of drug-likeness (QED) is 0.369. The number of benzene rings is 2. The van der Waals surface area contributed by atoms with Crippen LogP contribution in [0.5, 0.6) is 11.5 Å². The molecule has 2 aromatic carbocycles. The first-order valence-electron chi connectivity index (χ1n) is 7.38. The van der Waals surface area contributed by atoms with E-state index in [9.17, 15) is 20.2 Å². The number of nitro groups is 1. The SMILES string of the molecule is COc1ccc(/C=C(/C#N)C(=O)Nc2cccc([N+](=O)[O-])c2)cc1OC. The predicted octanol–water partition coefficient (Wildman–Crippen LogP) is 3.16. The number of nitrogens with one attached hydrogen (secondary N) is 1. The Balaban J connectivity index is 2.26. The predicted molar refractivity (Wildman–Crippen MR) is 94.9 cm³/mol. The minimum Gasteiger partial charge on any atom is -0.493 e. The molecule has 26 heavy (non-hydrogen) atoms. The van der Waals surface area contributed by atoms with Crippen molar-refractivity contribution in [3.63, 3.8) is 0 Å². The highest BCUT2D eigenvalue weighted by atomic mass is 16.6. The molecule has 0 saturated heterocycles. The number of non-ortho nitro benzene ring substituents is 1. The second-order valence-electron chi connectivity index (χ2n) is 5.05. The smallest absolute Gasteiger partial charge is 0.271 e. The molecular weight excluding hydrogens is 338 g/mol. The van der Waals surface area contributed by atoms with Crippen molar-refractivity contribution in [1.29, 1.82) is 5.26 Å². The van der Waals surface area contributed by atoms with Crippen LogP contribution >= 0.6 is 0 Å². The third-order valence-corrected chi connectivity index (χ3v) is 3.40. The number of rotatable bonds is 6. The second-order valence-corrected chi connectivity index (χ2v) is 5.05. The van der Waals surface area contributed by atoms with Crippen LogP contribution in [0, 0.1) is 21.4 Å². The lowest BCUT2D eigenvalue weighted by molar-refractivity contribution is -0.384. The largest absolute Gasteiger partial charge is 0.493 e. The number of methoxy groups -OCH3 is 2. The Morgan fingerprint density at radius 1 is 1.19 bits per heavy atom. The van der Waals surface area contributed by atoms with Gasteiger partial charge in [-0.05, 0) is 29.8 Å². The van der Waals surface area contributed by atoms with Crippen molar-refractivity contribution >= 4 is 23.4 Å². The van der Waals surface area contributed by atoms with Crippen LogP contribution in [0.3, 0.4) is 0 Å². The van der Waals surface area contributed by atoms with Gasteiger partial charge < -0.3 is 14.8 Å². The monoisotopic (exact) mass is 353 g/mol. The maximum absolute atomic E-state index is 12.3. The van der Waals surface area contributed by atoms with Crippen molar-refractivity contribution in [2.45, 2.75) is 0 Å². The van der Waals surface area contributed by atoms with Crippen molar-refractivity contribution in [2.24, 2.45) is 0 Å². The standard InChI is InChI=1S/C18H15N3O5/c1-25-16-7-6-12(9-17(16)26-2)8-13(11-19)18(22)20-14-4-3-5-15(10-14)21(23)24/h3-10H,1-2H3,(H,20,22)/b13-8-. The van der Waals surface area contributed by atoms with Gasteiger partial charge in [-0.2, -0.15) is 5.26 Å². The lowest BCUT2D eigenvalue weighted by atomic mass is 10.1. The highest BCUT2D eigenvalue weighted by Gasteiger charge is 2.13. The molecular formula is C18H15N3O5. The summed E-state index contributed by atoms with van der Waals surface area (Å²) in [5, 5.41) is 22.5. The topological polar surface area (TPSA) is 114 Å². The van der Waals surface area contributed by atoms with Crippen molar-refractivity contribution in [1.82, 2.24) is 0 Å². The van der Waals surface area contributed by atoms with Gasteiger partial charge in [-0.1, -0.05) is 12.1 Å². The van der Waals surface area contributed by atoms with Crippen LogP contribution in [0.15, 0.2) is 48.0 Å². The van der Waals surface area contributed by atoms with Crippen LogP contribution in [-0.2, 0) is 4.79 Å². The zero-order chi connectivity index (χ0) is 19.1. The minimum atomic E-state index is -0.678. The Morgan fingerprint density at radius 2 is 1.92 bits per heavy atom. The van der Waals surface area contributed by atoms with Gasteiger partial charge in [0.25, 0.3) is 11.6 Å². The van der Waals surface area contributed by atoms with E-state index in [1.165, 1.54) is 44.6 Å². The molecule has 0 saturated carbocycles. The van der Waals surface area contributed by atoms with Crippen LogP contribution in [0.1, 0.15) is 5.56 Å². The van der Waals surface area contributed by atoms with E-state index in [0.29, 0.717) is 17.1 Å². The van der Waals surface area contributed by atoms with E-state index in [1.54, 1.807) is 18.2 Å². The van der Waals surface area contributed by atoms with Crippen molar-refractivity contribution < 1.29 is 19.2 Å². The molecule has 0 unspecified atom stereocenters. The van der Waals surface area contributed by atoms with Gasteiger partial charge >= 0.3 is 0 Å². The van der Waals surface area contributed by atoms with Crippen LogP contribution in [0.4, 0.5) is 11.4 Å². The molecule has 0 bridgehead atoms. The molecule has 0 heterocycles. The summed E-state index contributed by atoms with van der Waals surface area (Å²) in [6, 6.07) is 12.2. The summed E-state index contributed by atoms with van der Waals surface area (Å²) in [7, 11) is 2.98. The van der Waals surface area contributed by atoms with Crippen LogP contribution in [-0.4, -0.2) is 25.1 Å². The van der Waals surface area contributed by atoms with Gasteiger partial charge in [0.2, 0.25) is 0 Å². The van der Waals surface area contributed by atoms with E-state index in [2.05, 4.69) is 5.32 Å². The Bertz CT molecular complexity index is 915. The molecule has 0 aliphatic heterocycles. The average Bonchev–Trinajstić information content (AvgIpc) is 2.65. The summed E-state index contributed by atoms with van der Waals surface area (Å²) in [5.74, 6) is 0.296. The number of anilines is 1. The van der Waals surface area contributed by atoms with Crippen LogP contribution in [0.25, 0.3) is 6.08 Å². The Kier molecular flexibility index (Phi) is 5.90. The molecule has 8 heteroatoms. The zero-order valence-electron chi connectivity index (χ0n) is 14.1. The zero-order valence-corrected chi connectivity index (χ0v) is 14.1. The first-order valence-corrected chi connectivity index (χ1v) is 7.38. The molecule has 0 fully saturated rings. The van der Waals surface area contributed by atoms with Gasteiger partial charge in [0.05, 0.1) is 19.1 Å². The summed E-state index contributed by atoms with van der Waals surface area (Å²) in [6.45, 7) is 0. The number of nitriles is 1. The summed E-state index contributed by atoms with van der Waals surface area (Å²) < 4.78 is 10.3. The number of hydrogen-bond acceptors (Lipinski definition) is 6. The highest BCUT2D eigenvalue weighted by Crippen LogP contribution is 2.28. The maximum atomic E-state index is 12.3. The third-order valence-electron chi connectivity index (χ3n) is 3.40. The Labute approximate surface area is 149 Å². The number of carbonyl (C=O) groups is 1. The second kappa shape index (κ2) is 8.30. The molecule has 1 N–H and O–H groups in total. The number of ether oxygens (including phenoxy) is 2. The number of carbonyl (C=O) groups excluding carboxylic acids is 1. The first kappa shape index (κ1) is 18.5. The molecule has 8 nitrogen and oxygen atoms in total. The Morgan fingerprint density at radius 3 is 2.54 bits per heavy atom. The first-order chi connectivity index (χ1) is 12.5.